The third-order valence-corrected chi connectivity index (χ3v) is 10.3. The summed E-state index contributed by atoms with van der Waals surface area (Å²) in [6.45, 7) is 24.7. The lowest BCUT2D eigenvalue weighted by Crippen LogP contribution is -2.21. The summed E-state index contributed by atoms with van der Waals surface area (Å²) in [5, 5.41) is 7.59. The van der Waals surface area contributed by atoms with Gasteiger partial charge in [-0.3, -0.25) is 4.57 Å². The van der Waals surface area contributed by atoms with Crippen LogP contribution in [0.1, 0.15) is 104 Å². The largest absolute Gasteiger partial charge is 0.457 e. The summed E-state index contributed by atoms with van der Waals surface area (Å²) < 4.78 is 11.3. The van der Waals surface area contributed by atoms with Crippen LogP contribution < -0.4 is 4.74 Å². The number of pyridine rings is 1. The smallest absolute Gasteiger partial charge is 0.137 e. The Kier molecular flexibility index (Phi) is 8.48. The molecule has 0 atom stereocenters. The summed E-state index contributed by atoms with van der Waals surface area (Å²) >= 11 is 0. The number of hydrogen-bond donors (Lipinski definition) is 0. The van der Waals surface area contributed by atoms with Crippen LogP contribution in [0.5, 0.6) is 11.5 Å². The van der Waals surface area contributed by atoms with Crippen molar-refractivity contribution in [1.29, 1.82) is 0 Å². The first-order valence-corrected chi connectivity index (χ1v) is 18.4. The lowest BCUT2D eigenvalue weighted by atomic mass is 9.78. The first-order valence-electron chi connectivity index (χ1n) is 18.4. The second kappa shape index (κ2) is 12.5. The molecule has 0 spiro atoms. The van der Waals surface area contributed by atoms with E-state index in [2.05, 4.69) is 195 Å². The summed E-state index contributed by atoms with van der Waals surface area (Å²) in [4.78, 5) is 4.88. The Bertz CT molecular complexity index is 2410. The Balaban J connectivity index is 1.41. The van der Waals surface area contributed by atoms with Gasteiger partial charge in [-0.2, -0.15) is 5.10 Å². The zero-order valence-electron chi connectivity index (χ0n) is 32.7. The second-order valence-electron chi connectivity index (χ2n) is 17.8. The minimum atomic E-state index is -0.294. The Morgan fingerprint density at radius 2 is 1.21 bits per heavy atom. The highest BCUT2D eigenvalue weighted by molar-refractivity contribution is 6.09. The molecule has 266 valence electrons. The number of benzene rings is 4. The number of rotatable bonds is 6. The molecule has 52 heavy (non-hydrogen) atoms. The fraction of sp³-hybridized carbons (Fsp3) is 0.319. The average Bonchev–Trinajstić information content (AvgIpc) is 3.69. The van der Waals surface area contributed by atoms with E-state index in [0.29, 0.717) is 0 Å². The molecule has 0 radical (unpaired) electrons. The van der Waals surface area contributed by atoms with E-state index in [1.165, 1.54) is 16.5 Å². The maximum absolute atomic E-state index is 6.91. The predicted octanol–water partition coefficient (Wildman–Crippen LogP) is 12.4. The molecule has 0 bridgehead atoms. The fourth-order valence-electron chi connectivity index (χ4n) is 7.03. The van der Waals surface area contributed by atoms with Gasteiger partial charge in [-0.15, -0.1) is 0 Å². The normalized spacial score (nSPS) is 12.9. The average molecular weight is 689 g/mol. The van der Waals surface area contributed by atoms with Crippen molar-refractivity contribution in [1.82, 2.24) is 19.3 Å². The summed E-state index contributed by atoms with van der Waals surface area (Å²) in [5.74, 6) is 2.42. The van der Waals surface area contributed by atoms with E-state index >= 15 is 0 Å². The molecule has 4 aromatic carbocycles. The molecular formula is C47H52N4O. The molecule has 5 heteroatoms. The van der Waals surface area contributed by atoms with Crippen LogP contribution >= 0.6 is 0 Å². The Hall–Kier alpha value is -5.16. The maximum atomic E-state index is 6.91. The first-order chi connectivity index (χ1) is 24.4. The topological polar surface area (TPSA) is 44.9 Å². The van der Waals surface area contributed by atoms with Crippen molar-refractivity contribution in [3.05, 3.63) is 143 Å². The van der Waals surface area contributed by atoms with E-state index in [0.717, 1.165) is 56.4 Å². The SMILES string of the molecule is CC(C)(C)c1ccnc(-n2c3ccccc3c3ccc(Oc4cc(-n5nc(C(C)(C)C)cc5C(C)(C)C)cc(C(C)(C)c5ccccc5)c4)cc32)c1. The van der Waals surface area contributed by atoms with Crippen LogP contribution in [0.4, 0.5) is 0 Å². The number of hydrogen-bond acceptors (Lipinski definition) is 3. The van der Waals surface area contributed by atoms with Gasteiger partial charge in [0.25, 0.3) is 0 Å². The Labute approximate surface area is 309 Å². The zero-order valence-corrected chi connectivity index (χ0v) is 32.7. The van der Waals surface area contributed by atoms with Crippen molar-refractivity contribution in [3.8, 4) is 23.0 Å². The van der Waals surface area contributed by atoms with Gasteiger partial charge in [0.15, 0.2) is 0 Å². The lowest BCUT2D eigenvalue weighted by molar-refractivity contribution is 0.478. The van der Waals surface area contributed by atoms with Gasteiger partial charge < -0.3 is 4.74 Å². The van der Waals surface area contributed by atoms with Crippen LogP contribution in [0.25, 0.3) is 33.3 Å². The van der Waals surface area contributed by atoms with Crippen LogP contribution in [-0.4, -0.2) is 19.3 Å². The summed E-state index contributed by atoms with van der Waals surface area (Å²) in [5.41, 5.74) is 8.48. The Morgan fingerprint density at radius 1 is 0.519 bits per heavy atom. The molecule has 7 rings (SSSR count). The van der Waals surface area contributed by atoms with Gasteiger partial charge in [-0.1, -0.05) is 125 Å². The molecule has 5 nitrogen and oxygen atoms in total. The van der Waals surface area contributed by atoms with E-state index in [1.807, 2.05) is 6.20 Å². The van der Waals surface area contributed by atoms with E-state index in [-0.39, 0.29) is 21.7 Å². The third kappa shape index (κ3) is 6.53. The van der Waals surface area contributed by atoms with Gasteiger partial charge in [0.1, 0.15) is 17.3 Å². The van der Waals surface area contributed by atoms with Gasteiger partial charge in [0.2, 0.25) is 0 Å². The molecule has 0 aliphatic heterocycles. The highest BCUT2D eigenvalue weighted by atomic mass is 16.5. The van der Waals surface area contributed by atoms with Crippen molar-refractivity contribution in [2.45, 2.75) is 97.8 Å². The predicted molar refractivity (Wildman–Crippen MR) is 217 cm³/mol. The van der Waals surface area contributed by atoms with Crippen LogP contribution in [0, 0.1) is 0 Å². The van der Waals surface area contributed by atoms with Crippen LogP contribution in [0.2, 0.25) is 0 Å². The molecule has 0 saturated carbocycles. The molecule has 0 fully saturated rings. The van der Waals surface area contributed by atoms with Crippen molar-refractivity contribution in [2.24, 2.45) is 0 Å². The number of fused-ring (bicyclic) bond motifs is 3. The Morgan fingerprint density at radius 3 is 1.90 bits per heavy atom. The van der Waals surface area contributed by atoms with Gasteiger partial charge in [-0.05, 0) is 70.6 Å². The second-order valence-corrected chi connectivity index (χ2v) is 17.8. The van der Waals surface area contributed by atoms with Crippen LogP contribution in [0.15, 0.2) is 115 Å². The molecule has 0 saturated heterocycles. The first kappa shape index (κ1) is 35.3. The summed E-state index contributed by atoms with van der Waals surface area (Å²) in [6, 6.07) is 38.9. The molecule has 0 amide bonds. The lowest BCUT2D eigenvalue weighted by Gasteiger charge is -2.28. The number of para-hydroxylation sites is 1. The van der Waals surface area contributed by atoms with Crippen LogP contribution in [-0.2, 0) is 21.7 Å². The molecule has 0 aliphatic carbocycles. The van der Waals surface area contributed by atoms with Gasteiger partial charge in [0.05, 0.1) is 22.4 Å². The third-order valence-electron chi connectivity index (χ3n) is 10.3. The van der Waals surface area contributed by atoms with E-state index < -0.39 is 0 Å². The molecule has 7 aromatic rings. The van der Waals surface area contributed by atoms with E-state index in [9.17, 15) is 0 Å². The molecule has 3 heterocycles. The van der Waals surface area contributed by atoms with Crippen LogP contribution in [0.3, 0.4) is 0 Å². The van der Waals surface area contributed by atoms with Gasteiger partial charge in [-0.25, -0.2) is 9.67 Å². The van der Waals surface area contributed by atoms with Gasteiger partial charge in [0, 0.05) is 51.0 Å². The molecule has 0 unspecified atom stereocenters. The fourth-order valence-corrected chi connectivity index (χ4v) is 7.03. The van der Waals surface area contributed by atoms with E-state index in [1.54, 1.807) is 0 Å². The number of aromatic nitrogens is 4. The standard InChI is InChI=1S/C47H52N4O/c1-44(2,3)32-23-24-48-43(27-32)50-39-20-16-15-19-37(39)38-22-21-35(29-40(38)50)52-36-26-33(47(10,11)31-17-13-12-14-18-31)25-34(28-36)51-42(46(7,8)9)30-41(49-51)45(4,5)6/h12-30H,1-11H3. The van der Waals surface area contributed by atoms with Crippen molar-refractivity contribution in [3.63, 3.8) is 0 Å². The number of nitrogens with zero attached hydrogens (tertiary/aromatic N) is 4. The van der Waals surface area contributed by atoms with Crippen molar-refractivity contribution in [2.75, 3.05) is 0 Å². The van der Waals surface area contributed by atoms with E-state index in [4.69, 9.17) is 14.8 Å². The number of ether oxygens (including phenoxy) is 1. The molecule has 0 N–H and O–H groups in total. The summed E-state index contributed by atoms with van der Waals surface area (Å²) in [6.07, 6.45) is 1.92. The maximum Gasteiger partial charge on any atom is 0.137 e. The minimum Gasteiger partial charge on any atom is -0.457 e. The van der Waals surface area contributed by atoms with Gasteiger partial charge >= 0.3 is 0 Å². The zero-order chi connectivity index (χ0) is 37.2. The minimum absolute atomic E-state index is 0.00392. The highest BCUT2D eigenvalue weighted by Crippen LogP contribution is 2.40. The molecule has 3 aromatic heterocycles. The molecular weight excluding hydrogens is 637 g/mol. The van der Waals surface area contributed by atoms with Crippen molar-refractivity contribution >= 4 is 21.8 Å². The van der Waals surface area contributed by atoms with Crippen molar-refractivity contribution < 1.29 is 4.74 Å². The highest BCUT2D eigenvalue weighted by Gasteiger charge is 2.29. The quantitative estimate of drug-likeness (QED) is 0.175. The molecule has 0 aliphatic rings. The monoisotopic (exact) mass is 688 g/mol. The summed E-state index contributed by atoms with van der Waals surface area (Å²) in [7, 11) is 0.